The van der Waals surface area contributed by atoms with Crippen molar-refractivity contribution in [1.29, 1.82) is 0 Å². The molecule has 1 aliphatic rings. The zero-order chi connectivity index (χ0) is 13.0. The van der Waals surface area contributed by atoms with Gasteiger partial charge in [0.15, 0.2) is 0 Å². The maximum absolute atomic E-state index is 6.11. The molecule has 18 heavy (non-hydrogen) atoms. The summed E-state index contributed by atoms with van der Waals surface area (Å²) in [5.74, 6) is 0. The molecule has 0 bridgehead atoms. The van der Waals surface area contributed by atoms with Gasteiger partial charge in [0.1, 0.15) is 0 Å². The average Bonchev–Trinajstić information content (AvgIpc) is 2.39. The van der Waals surface area contributed by atoms with Crippen molar-refractivity contribution in [3.05, 3.63) is 47.1 Å². The van der Waals surface area contributed by atoms with Crippen molar-refractivity contribution < 1.29 is 0 Å². The molecule has 0 atom stereocenters. The van der Waals surface area contributed by atoms with Crippen LogP contribution in [-0.2, 0) is 6.42 Å². The molecule has 1 nitrogen and oxygen atoms in total. The second kappa shape index (κ2) is 5.90. The van der Waals surface area contributed by atoms with Gasteiger partial charge >= 0.3 is 0 Å². The Morgan fingerprint density at radius 3 is 2.78 bits per heavy atom. The van der Waals surface area contributed by atoms with Crippen LogP contribution in [0.3, 0.4) is 0 Å². The normalized spacial score (nSPS) is 15.2. The number of rotatable bonds is 4. The van der Waals surface area contributed by atoms with Gasteiger partial charge in [0.25, 0.3) is 0 Å². The highest BCUT2D eigenvalue weighted by Gasteiger charge is 2.13. The second-order valence-electron chi connectivity index (χ2n) is 4.94. The molecule has 0 spiro atoms. The van der Waals surface area contributed by atoms with Gasteiger partial charge in [-0.2, -0.15) is 0 Å². The minimum atomic E-state index is 0.928. The van der Waals surface area contributed by atoms with E-state index in [2.05, 4.69) is 38.1 Å². The summed E-state index contributed by atoms with van der Waals surface area (Å²) in [5.41, 5.74) is 12.7. The number of anilines is 1. The predicted octanol–water partition coefficient (Wildman–Crippen LogP) is 4.73. The molecule has 1 aliphatic carbocycles. The molecule has 0 saturated heterocycles. The highest BCUT2D eigenvalue weighted by atomic mass is 14.6. The van der Waals surface area contributed by atoms with Gasteiger partial charge in [0, 0.05) is 5.69 Å². The Kier molecular flexibility index (Phi) is 4.24. The number of allylic oxidation sites excluding steroid dienone is 4. The lowest BCUT2D eigenvalue weighted by Crippen LogP contribution is -2.01. The SMILES string of the molecule is CCCC1=C(c2cccc(N)c2CC)C=CCC1. The lowest BCUT2D eigenvalue weighted by molar-refractivity contribution is 0.825. The molecular weight excluding hydrogens is 218 g/mol. The predicted molar refractivity (Wildman–Crippen MR) is 80.4 cm³/mol. The summed E-state index contributed by atoms with van der Waals surface area (Å²) in [6.07, 6.45) is 10.4. The summed E-state index contributed by atoms with van der Waals surface area (Å²) in [6.45, 7) is 4.44. The molecule has 0 aromatic heterocycles. The first-order valence-corrected chi connectivity index (χ1v) is 7.04. The van der Waals surface area contributed by atoms with Crippen molar-refractivity contribution >= 4 is 11.3 Å². The maximum Gasteiger partial charge on any atom is 0.0352 e. The molecule has 1 aromatic carbocycles. The lowest BCUT2D eigenvalue weighted by Gasteiger charge is -2.19. The topological polar surface area (TPSA) is 26.0 Å². The van der Waals surface area contributed by atoms with Crippen molar-refractivity contribution in [1.82, 2.24) is 0 Å². The largest absolute Gasteiger partial charge is 0.398 e. The first-order chi connectivity index (χ1) is 8.77. The quantitative estimate of drug-likeness (QED) is 0.757. The van der Waals surface area contributed by atoms with E-state index in [4.69, 9.17) is 5.73 Å². The molecule has 0 aliphatic heterocycles. The monoisotopic (exact) mass is 241 g/mol. The number of benzene rings is 1. The van der Waals surface area contributed by atoms with E-state index in [1.807, 2.05) is 6.07 Å². The molecule has 0 heterocycles. The van der Waals surface area contributed by atoms with Gasteiger partial charge in [0.2, 0.25) is 0 Å². The Balaban J connectivity index is 2.52. The summed E-state index contributed by atoms with van der Waals surface area (Å²) in [5, 5.41) is 0. The molecule has 0 saturated carbocycles. The van der Waals surface area contributed by atoms with Crippen molar-refractivity contribution in [2.24, 2.45) is 0 Å². The van der Waals surface area contributed by atoms with Crippen LogP contribution in [0.15, 0.2) is 35.9 Å². The van der Waals surface area contributed by atoms with Crippen LogP contribution in [-0.4, -0.2) is 0 Å². The van der Waals surface area contributed by atoms with Gasteiger partial charge in [0.05, 0.1) is 0 Å². The third-order valence-corrected chi connectivity index (χ3v) is 3.69. The summed E-state index contributed by atoms with van der Waals surface area (Å²) in [4.78, 5) is 0. The molecule has 0 unspecified atom stereocenters. The van der Waals surface area contributed by atoms with Crippen LogP contribution in [0.25, 0.3) is 5.57 Å². The fraction of sp³-hybridized carbons (Fsp3) is 0.412. The van der Waals surface area contributed by atoms with Crippen LogP contribution >= 0.6 is 0 Å². The molecule has 2 N–H and O–H groups in total. The first kappa shape index (κ1) is 12.9. The summed E-state index contributed by atoms with van der Waals surface area (Å²) < 4.78 is 0. The molecular formula is C17H23N. The smallest absolute Gasteiger partial charge is 0.0352 e. The minimum Gasteiger partial charge on any atom is -0.398 e. The number of hydrogen-bond acceptors (Lipinski definition) is 1. The van der Waals surface area contributed by atoms with E-state index in [-0.39, 0.29) is 0 Å². The number of nitrogen functional groups attached to an aromatic ring is 1. The van der Waals surface area contributed by atoms with Crippen molar-refractivity contribution in [3.8, 4) is 0 Å². The van der Waals surface area contributed by atoms with E-state index in [0.717, 1.165) is 12.1 Å². The molecule has 96 valence electrons. The Hall–Kier alpha value is -1.50. The van der Waals surface area contributed by atoms with E-state index in [9.17, 15) is 0 Å². The summed E-state index contributed by atoms with van der Waals surface area (Å²) >= 11 is 0. The van der Waals surface area contributed by atoms with Crippen LogP contribution in [0.5, 0.6) is 0 Å². The van der Waals surface area contributed by atoms with Crippen LogP contribution in [0.2, 0.25) is 0 Å². The molecule has 0 radical (unpaired) electrons. The average molecular weight is 241 g/mol. The van der Waals surface area contributed by atoms with Crippen molar-refractivity contribution in [2.45, 2.75) is 46.0 Å². The molecule has 0 amide bonds. The van der Waals surface area contributed by atoms with E-state index in [0.29, 0.717) is 0 Å². The van der Waals surface area contributed by atoms with Crippen LogP contribution < -0.4 is 5.73 Å². The Morgan fingerprint density at radius 1 is 1.22 bits per heavy atom. The van der Waals surface area contributed by atoms with Gasteiger partial charge in [-0.25, -0.2) is 0 Å². The number of hydrogen-bond donors (Lipinski definition) is 1. The van der Waals surface area contributed by atoms with Gasteiger partial charge in [-0.15, -0.1) is 0 Å². The minimum absolute atomic E-state index is 0.928. The third-order valence-electron chi connectivity index (χ3n) is 3.69. The maximum atomic E-state index is 6.11. The van der Waals surface area contributed by atoms with Gasteiger partial charge in [-0.3, -0.25) is 0 Å². The van der Waals surface area contributed by atoms with E-state index >= 15 is 0 Å². The van der Waals surface area contributed by atoms with E-state index in [1.54, 1.807) is 5.57 Å². The zero-order valence-corrected chi connectivity index (χ0v) is 11.5. The second-order valence-corrected chi connectivity index (χ2v) is 4.94. The van der Waals surface area contributed by atoms with Crippen LogP contribution in [0.1, 0.15) is 50.7 Å². The summed E-state index contributed by atoms with van der Waals surface area (Å²) in [7, 11) is 0. The van der Waals surface area contributed by atoms with Gasteiger partial charge in [-0.1, -0.05) is 50.1 Å². The number of nitrogens with two attached hydrogens (primary N) is 1. The van der Waals surface area contributed by atoms with Crippen LogP contribution in [0, 0.1) is 0 Å². The molecule has 1 heteroatoms. The third kappa shape index (κ3) is 2.50. The van der Waals surface area contributed by atoms with Gasteiger partial charge < -0.3 is 5.73 Å². The van der Waals surface area contributed by atoms with Crippen LogP contribution in [0.4, 0.5) is 5.69 Å². The fourth-order valence-corrected chi connectivity index (χ4v) is 2.80. The molecule has 2 rings (SSSR count). The molecule has 0 fully saturated rings. The lowest BCUT2D eigenvalue weighted by atomic mass is 9.87. The van der Waals surface area contributed by atoms with Crippen molar-refractivity contribution in [2.75, 3.05) is 5.73 Å². The van der Waals surface area contributed by atoms with E-state index in [1.165, 1.54) is 42.4 Å². The highest BCUT2D eigenvalue weighted by Crippen LogP contribution is 2.34. The Morgan fingerprint density at radius 2 is 2.06 bits per heavy atom. The van der Waals surface area contributed by atoms with Crippen molar-refractivity contribution in [3.63, 3.8) is 0 Å². The highest BCUT2D eigenvalue weighted by molar-refractivity contribution is 5.81. The van der Waals surface area contributed by atoms with E-state index < -0.39 is 0 Å². The Bertz CT molecular complexity index is 480. The van der Waals surface area contributed by atoms with Gasteiger partial charge in [-0.05, 0) is 48.4 Å². The standard InChI is InChI=1S/C17H23N/c1-3-8-13-9-5-6-10-15(13)16-11-7-12-17(18)14(16)4-2/h6-7,10-12H,3-5,8-9,18H2,1-2H3. The molecule has 1 aromatic rings. The summed E-state index contributed by atoms with van der Waals surface area (Å²) in [6, 6.07) is 6.30. The first-order valence-electron chi connectivity index (χ1n) is 7.04. The zero-order valence-electron chi connectivity index (χ0n) is 11.5. The fourth-order valence-electron chi connectivity index (χ4n) is 2.80. The Labute approximate surface area is 110 Å².